The van der Waals surface area contributed by atoms with Crippen LogP contribution < -0.4 is 10.1 Å². The molecule has 42 heavy (non-hydrogen) atoms. The Hall–Kier alpha value is -4.51. The summed E-state index contributed by atoms with van der Waals surface area (Å²) in [6.45, 7) is 9.84. The third kappa shape index (κ3) is 4.83. The van der Waals surface area contributed by atoms with Crippen LogP contribution in [0, 0.1) is 6.92 Å². The molecule has 3 aliphatic heterocycles. The molecule has 0 aromatic carbocycles. The number of aromatic nitrogens is 6. The number of anilines is 2. The zero-order chi connectivity index (χ0) is 28.8. The average Bonchev–Trinajstić information content (AvgIpc) is 3.77. The molecule has 11 heteroatoms. The zero-order valence-electron chi connectivity index (χ0n) is 24.0. The number of carbonyl (C=O) groups is 1. The molecule has 7 rings (SSSR count). The van der Waals surface area contributed by atoms with Gasteiger partial charge < -0.3 is 15.0 Å². The van der Waals surface area contributed by atoms with Gasteiger partial charge in [0.2, 0.25) is 0 Å². The van der Waals surface area contributed by atoms with Gasteiger partial charge in [-0.1, -0.05) is 6.58 Å². The average molecular weight is 566 g/mol. The normalized spacial score (nSPS) is 19.0. The predicted octanol–water partition coefficient (Wildman–Crippen LogP) is 3.97. The van der Waals surface area contributed by atoms with Gasteiger partial charge in [-0.05, 0) is 63.0 Å². The number of aryl methyl sites for hydroxylation is 2. The number of hydrogen-bond donors (Lipinski definition) is 1. The van der Waals surface area contributed by atoms with Gasteiger partial charge in [0, 0.05) is 73.7 Å². The molecule has 7 heterocycles. The fourth-order valence-electron chi connectivity index (χ4n) is 6.51. The monoisotopic (exact) mass is 565 g/mol. The lowest BCUT2D eigenvalue weighted by Gasteiger charge is -2.36. The molecule has 0 aliphatic carbocycles. The van der Waals surface area contributed by atoms with Crippen LogP contribution in [0.2, 0.25) is 0 Å². The standard InChI is InChI=1S/C31H35N9O2/c1-20-29-28(36-30-26(19-42-29)25(5-10-32-30)23-16-34-37(3)17-23)15-27(35-20)22-6-12-38(13-7-22)24-8-14-39(18-24)31(41)21(2)40-11-4-9-33-40/h4-5,9-11,15-17,22,24H,2,6-8,12-14,18-19H2,1,3H3,(H,32,36)/t24-/m1/s1. The van der Waals surface area contributed by atoms with E-state index in [-0.39, 0.29) is 5.91 Å². The first-order valence-electron chi connectivity index (χ1n) is 14.5. The Morgan fingerprint density at radius 1 is 1.14 bits per heavy atom. The molecule has 216 valence electrons. The first kappa shape index (κ1) is 26.4. The lowest BCUT2D eigenvalue weighted by Crippen LogP contribution is -2.43. The van der Waals surface area contributed by atoms with E-state index in [9.17, 15) is 4.79 Å². The Balaban J connectivity index is 1.02. The number of hydrogen-bond acceptors (Lipinski definition) is 8. The molecule has 2 saturated heterocycles. The number of rotatable bonds is 5. The molecule has 0 spiro atoms. The van der Waals surface area contributed by atoms with Gasteiger partial charge in [-0.3, -0.25) is 19.4 Å². The van der Waals surface area contributed by atoms with Crippen molar-refractivity contribution in [3.8, 4) is 16.9 Å². The third-order valence-corrected chi connectivity index (χ3v) is 8.79. The minimum atomic E-state index is -0.0425. The van der Waals surface area contributed by atoms with E-state index >= 15 is 0 Å². The van der Waals surface area contributed by atoms with Gasteiger partial charge in [-0.25, -0.2) is 9.67 Å². The summed E-state index contributed by atoms with van der Waals surface area (Å²) in [7, 11) is 1.92. The van der Waals surface area contributed by atoms with Crippen molar-refractivity contribution in [2.24, 2.45) is 7.05 Å². The van der Waals surface area contributed by atoms with Crippen molar-refractivity contribution < 1.29 is 9.53 Å². The van der Waals surface area contributed by atoms with Crippen LogP contribution in [0.1, 0.15) is 42.1 Å². The maximum Gasteiger partial charge on any atom is 0.271 e. The number of piperidine rings is 1. The molecule has 4 aromatic heterocycles. The van der Waals surface area contributed by atoms with Crippen molar-refractivity contribution in [3.05, 3.63) is 72.7 Å². The van der Waals surface area contributed by atoms with Gasteiger partial charge in [-0.2, -0.15) is 10.2 Å². The molecule has 2 fully saturated rings. The van der Waals surface area contributed by atoms with Crippen LogP contribution in [-0.4, -0.2) is 77.5 Å². The number of fused-ring (bicyclic) bond motifs is 2. The summed E-state index contributed by atoms with van der Waals surface area (Å²) >= 11 is 0. The van der Waals surface area contributed by atoms with Crippen LogP contribution in [0.5, 0.6) is 5.75 Å². The van der Waals surface area contributed by atoms with E-state index in [1.807, 2.05) is 43.5 Å². The van der Waals surface area contributed by atoms with Crippen LogP contribution in [0.15, 0.2) is 55.8 Å². The minimum Gasteiger partial charge on any atom is -0.485 e. The molecule has 11 nitrogen and oxygen atoms in total. The van der Waals surface area contributed by atoms with Crippen molar-refractivity contribution >= 4 is 23.1 Å². The van der Waals surface area contributed by atoms with E-state index in [2.05, 4.69) is 38.0 Å². The van der Waals surface area contributed by atoms with Gasteiger partial charge >= 0.3 is 0 Å². The maximum absolute atomic E-state index is 13.0. The second kappa shape index (κ2) is 10.7. The number of ether oxygens (including phenoxy) is 1. The summed E-state index contributed by atoms with van der Waals surface area (Å²) < 4.78 is 9.67. The minimum absolute atomic E-state index is 0.0425. The second-order valence-electron chi connectivity index (χ2n) is 11.4. The Morgan fingerprint density at radius 2 is 2.00 bits per heavy atom. The number of nitrogens with one attached hydrogen (secondary N) is 1. The molecule has 3 aliphatic rings. The molecular weight excluding hydrogens is 530 g/mol. The third-order valence-electron chi connectivity index (χ3n) is 8.79. The summed E-state index contributed by atoms with van der Waals surface area (Å²) in [6.07, 6.45) is 12.1. The van der Waals surface area contributed by atoms with Crippen LogP contribution in [0.3, 0.4) is 0 Å². The summed E-state index contributed by atoms with van der Waals surface area (Å²) in [6, 6.07) is 6.33. The van der Waals surface area contributed by atoms with Crippen molar-refractivity contribution in [3.63, 3.8) is 0 Å². The van der Waals surface area contributed by atoms with Crippen molar-refractivity contribution in [2.75, 3.05) is 31.5 Å². The van der Waals surface area contributed by atoms with E-state index in [0.717, 1.165) is 90.8 Å². The zero-order valence-corrected chi connectivity index (χ0v) is 24.0. The smallest absolute Gasteiger partial charge is 0.271 e. The largest absolute Gasteiger partial charge is 0.485 e. The molecule has 1 amide bonds. The Kier molecular flexibility index (Phi) is 6.73. The number of pyridine rings is 2. The van der Waals surface area contributed by atoms with Crippen LogP contribution in [0.25, 0.3) is 16.8 Å². The van der Waals surface area contributed by atoms with E-state index < -0.39 is 0 Å². The van der Waals surface area contributed by atoms with Crippen molar-refractivity contribution in [1.82, 2.24) is 39.3 Å². The number of carbonyl (C=O) groups excluding carboxylic acids is 1. The fourth-order valence-corrected chi connectivity index (χ4v) is 6.51. The maximum atomic E-state index is 13.0. The highest BCUT2D eigenvalue weighted by Crippen LogP contribution is 2.40. The molecule has 0 unspecified atom stereocenters. The Labute approximate surface area is 244 Å². The van der Waals surface area contributed by atoms with Crippen LogP contribution in [0.4, 0.5) is 11.5 Å². The van der Waals surface area contributed by atoms with Gasteiger partial charge in [0.15, 0.2) is 5.75 Å². The summed E-state index contributed by atoms with van der Waals surface area (Å²) in [5.74, 6) is 1.90. The van der Waals surface area contributed by atoms with Crippen molar-refractivity contribution in [1.29, 1.82) is 0 Å². The summed E-state index contributed by atoms with van der Waals surface area (Å²) in [5.41, 5.74) is 6.39. The highest BCUT2D eigenvalue weighted by atomic mass is 16.5. The second-order valence-corrected chi connectivity index (χ2v) is 11.4. The van der Waals surface area contributed by atoms with Gasteiger partial charge in [0.1, 0.15) is 18.1 Å². The number of amides is 1. The molecule has 0 radical (unpaired) electrons. The Bertz CT molecular complexity index is 1640. The lowest BCUT2D eigenvalue weighted by atomic mass is 9.91. The van der Waals surface area contributed by atoms with Crippen molar-refractivity contribution in [2.45, 2.75) is 44.8 Å². The fraction of sp³-hybridized carbons (Fsp3) is 0.387. The summed E-state index contributed by atoms with van der Waals surface area (Å²) in [5, 5.41) is 12.1. The van der Waals surface area contributed by atoms with Gasteiger partial charge in [0.05, 0.1) is 17.6 Å². The van der Waals surface area contributed by atoms with Gasteiger partial charge in [-0.15, -0.1) is 0 Å². The van der Waals surface area contributed by atoms with E-state index in [0.29, 0.717) is 24.3 Å². The highest BCUT2D eigenvalue weighted by Gasteiger charge is 2.34. The van der Waals surface area contributed by atoms with E-state index in [1.165, 1.54) is 0 Å². The van der Waals surface area contributed by atoms with Gasteiger partial charge in [0.25, 0.3) is 5.91 Å². The first-order valence-corrected chi connectivity index (χ1v) is 14.5. The molecule has 0 bridgehead atoms. The van der Waals surface area contributed by atoms with E-state index in [1.54, 1.807) is 27.8 Å². The molecule has 1 N–H and O–H groups in total. The number of nitrogens with zero attached hydrogens (tertiary/aromatic N) is 8. The van der Waals surface area contributed by atoms with Crippen LogP contribution >= 0.6 is 0 Å². The molecular formula is C31H35N9O2. The SMILES string of the molecule is C=C(C(=O)N1CC[C@@H](N2CCC(c3cc4c(c(C)n3)OCc3c(-c5cnn(C)c5)ccnc3N4)CC2)C1)n1cccn1. The summed E-state index contributed by atoms with van der Waals surface area (Å²) in [4.78, 5) is 27.1. The quantitative estimate of drug-likeness (QED) is 0.363. The van der Waals surface area contributed by atoms with E-state index in [4.69, 9.17) is 9.72 Å². The topological polar surface area (TPSA) is 106 Å². The molecule has 0 saturated carbocycles. The number of likely N-dealkylation sites (tertiary alicyclic amines) is 2. The lowest BCUT2D eigenvalue weighted by molar-refractivity contribution is -0.124. The highest BCUT2D eigenvalue weighted by molar-refractivity contribution is 6.12. The Morgan fingerprint density at radius 3 is 2.76 bits per heavy atom. The molecule has 4 aromatic rings. The molecule has 1 atom stereocenters. The predicted molar refractivity (Wildman–Crippen MR) is 159 cm³/mol. The first-order chi connectivity index (χ1) is 20.4. The van der Waals surface area contributed by atoms with Crippen LogP contribution in [-0.2, 0) is 18.4 Å².